The Kier molecular flexibility index (Phi) is 3.06. The number of hydrogen-bond acceptors (Lipinski definition) is 1. The minimum Gasteiger partial charge on any atom is -0.324 e. The van der Waals surface area contributed by atoms with Crippen LogP contribution in [0.25, 0.3) is 6.08 Å². The van der Waals surface area contributed by atoms with Crippen LogP contribution in [0.1, 0.15) is 30.5 Å². The lowest BCUT2D eigenvalue weighted by Gasteiger charge is -2.11. The molecule has 1 nitrogen and oxygen atoms in total. The van der Waals surface area contributed by atoms with E-state index in [0.29, 0.717) is 0 Å². The van der Waals surface area contributed by atoms with Crippen molar-refractivity contribution in [2.75, 3.05) is 0 Å². The number of rotatable bonds is 3. The Morgan fingerprint density at radius 2 is 2.17 bits per heavy atom. The Bertz CT molecular complexity index is 265. The fraction of sp³-hybridized carbons (Fsp3) is 0.273. The predicted molar refractivity (Wildman–Crippen MR) is 53.8 cm³/mol. The first-order valence-electron chi connectivity index (χ1n) is 4.26. The average molecular weight is 161 g/mol. The Morgan fingerprint density at radius 3 is 2.75 bits per heavy atom. The molecule has 0 aliphatic carbocycles. The standard InChI is InChI=1S/C11H15N/c1-3-9-7-5-6-8-10(9)11(12)4-2/h3,5-8,11H,1,4,12H2,2H3/t11-/m1/s1. The summed E-state index contributed by atoms with van der Waals surface area (Å²) in [4.78, 5) is 0. The molecule has 0 saturated carbocycles. The number of benzene rings is 1. The first kappa shape index (κ1) is 9.01. The second-order valence-corrected chi connectivity index (χ2v) is 2.85. The molecule has 0 heterocycles. The van der Waals surface area contributed by atoms with Crippen molar-refractivity contribution in [2.24, 2.45) is 5.73 Å². The smallest absolute Gasteiger partial charge is 0.0298 e. The van der Waals surface area contributed by atoms with Crippen molar-refractivity contribution >= 4 is 6.08 Å². The highest BCUT2D eigenvalue weighted by Crippen LogP contribution is 2.18. The van der Waals surface area contributed by atoms with E-state index in [1.165, 1.54) is 5.56 Å². The summed E-state index contributed by atoms with van der Waals surface area (Å²) in [5, 5.41) is 0. The van der Waals surface area contributed by atoms with Crippen molar-refractivity contribution in [3.63, 3.8) is 0 Å². The topological polar surface area (TPSA) is 26.0 Å². The fourth-order valence-corrected chi connectivity index (χ4v) is 1.25. The number of hydrogen-bond donors (Lipinski definition) is 1. The second-order valence-electron chi connectivity index (χ2n) is 2.85. The van der Waals surface area contributed by atoms with Gasteiger partial charge < -0.3 is 5.73 Å². The maximum atomic E-state index is 5.92. The zero-order valence-electron chi connectivity index (χ0n) is 7.46. The van der Waals surface area contributed by atoms with E-state index in [1.807, 2.05) is 24.3 Å². The molecule has 0 bridgehead atoms. The quantitative estimate of drug-likeness (QED) is 0.724. The van der Waals surface area contributed by atoms with Crippen molar-refractivity contribution in [3.8, 4) is 0 Å². The molecule has 0 aromatic heterocycles. The van der Waals surface area contributed by atoms with E-state index < -0.39 is 0 Å². The van der Waals surface area contributed by atoms with Crippen molar-refractivity contribution in [2.45, 2.75) is 19.4 Å². The second kappa shape index (κ2) is 4.07. The first-order chi connectivity index (χ1) is 5.79. The molecule has 1 aromatic carbocycles. The summed E-state index contributed by atoms with van der Waals surface area (Å²) in [6.45, 7) is 5.84. The van der Waals surface area contributed by atoms with Gasteiger partial charge in [-0.3, -0.25) is 0 Å². The molecular weight excluding hydrogens is 146 g/mol. The van der Waals surface area contributed by atoms with Gasteiger partial charge in [0.1, 0.15) is 0 Å². The monoisotopic (exact) mass is 161 g/mol. The van der Waals surface area contributed by atoms with Gasteiger partial charge in [0.15, 0.2) is 0 Å². The molecule has 0 unspecified atom stereocenters. The SMILES string of the molecule is C=Cc1ccccc1[C@H](N)CC. The highest BCUT2D eigenvalue weighted by molar-refractivity contribution is 5.52. The normalized spacial score (nSPS) is 12.5. The van der Waals surface area contributed by atoms with Crippen LogP contribution in [0.2, 0.25) is 0 Å². The van der Waals surface area contributed by atoms with Crippen LogP contribution in [0.3, 0.4) is 0 Å². The van der Waals surface area contributed by atoms with Crippen molar-refractivity contribution in [3.05, 3.63) is 42.0 Å². The number of nitrogens with two attached hydrogens (primary N) is 1. The Labute approximate surface area is 73.9 Å². The highest BCUT2D eigenvalue weighted by Gasteiger charge is 2.05. The lowest BCUT2D eigenvalue weighted by Crippen LogP contribution is -2.09. The Balaban J connectivity index is 3.04. The summed E-state index contributed by atoms with van der Waals surface area (Å²) in [6, 6.07) is 8.25. The van der Waals surface area contributed by atoms with Gasteiger partial charge in [-0.15, -0.1) is 0 Å². The molecule has 0 aliphatic rings. The molecule has 1 aromatic rings. The van der Waals surface area contributed by atoms with Crippen molar-refractivity contribution in [1.29, 1.82) is 0 Å². The van der Waals surface area contributed by atoms with E-state index in [4.69, 9.17) is 5.73 Å². The molecule has 0 fully saturated rings. The van der Waals surface area contributed by atoms with Crippen LogP contribution >= 0.6 is 0 Å². The van der Waals surface area contributed by atoms with Gasteiger partial charge in [0.25, 0.3) is 0 Å². The Morgan fingerprint density at radius 1 is 1.50 bits per heavy atom. The zero-order valence-corrected chi connectivity index (χ0v) is 7.46. The van der Waals surface area contributed by atoms with E-state index in [2.05, 4.69) is 19.6 Å². The summed E-state index contributed by atoms with van der Waals surface area (Å²) in [6.07, 6.45) is 2.82. The van der Waals surface area contributed by atoms with Crippen LogP contribution in [0.5, 0.6) is 0 Å². The maximum Gasteiger partial charge on any atom is 0.0298 e. The van der Waals surface area contributed by atoms with Crippen LogP contribution in [0.15, 0.2) is 30.8 Å². The molecule has 64 valence electrons. The predicted octanol–water partition coefficient (Wildman–Crippen LogP) is 2.74. The van der Waals surface area contributed by atoms with E-state index in [0.717, 1.165) is 12.0 Å². The molecule has 1 rings (SSSR count). The van der Waals surface area contributed by atoms with E-state index in [9.17, 15) is 0 Å². The molecule has 0 saturated heterocycles. The first-order valence-corrected chi connectivity index (χ1v) is 4.26. The molecule has 1 heteroatoms. The van der Waals surface area contributed by atoms with Gasteiger partial charge in [0.2, 0.25) is 0 Å². The minimum atomic E-state index is 0.138. The lowest BCUT2D eigenvalue weighted by molar-refractivity contribution is 0.697. The summed E-state index contributed by atoms with van der Waals surface area (Å²) in [5.41, 5.74) is 8.26. The summed E-state index contributed by atoms with van der Waals surface area (Å²) < 4.78 is 0. The third-order valence-electron chi connectivity index (χ3n) is 2.06. The van der Waals surface area contributed by atoms with Crippen LogP contribution in [-0.4, -0.2) is 0 Å². The molecule has 0 amide bonds. The lowest BCUT2D eigenvalue weighted by atomic mass is 9.99. The molecule has 0 radical (unpaired) electrons. The molecule has 0 spiro atoms. The van der Waals surface area contributed by atoms with Gasteiger partial charge in [0.05, 0.1) is 0 Å². The van der Waals surface area contributed by atoms with Crippen molar-refractivity contribution in [1.82, 2.24) is 0 Å². The third-order valence-corrected chi connectivity index (χ3v) is 2.06. The van der Waals surface area contributed by atoms with Gasteiger partial charge in [-0.1, -0.05) is 43.8 Å². The van der Waals surface area contributed by atoms with Crippen LogP contribution in [0.4, 0.5) is 0 Å². The minimum absolute atomic E-state index is 0.138. The van der Waals surface area contributed by atoms with Gasteiger partial charge >= 0.3 is 0 Å². The van der Waals surface area contributed by atoms with Gasteiger partial charge in [-0.2, -0.15) is 0 Å². The zero-order chi connectivity index (χ0) is 8.97. The third kappa shape index (κ3) is 1.74. The molecule has 1 atom stereocenters. The van der Waals surface area contributed by atoms with Crippen LogP contribution in [-0.2, 0) is 0 Å². The van der Waals surface area contributed by atoms with E-state index in [1.54, 1.807) is 0 Å². The van der Waals surface area contributed by atoms with Gasteiger partial charge in [-0.05, 0) is 17.5 Å². The van der Waals surface area contributed by atoms with Gasteiger partial charge in [-0.25, -0.2) is 0 Å². The fourth-order valence-electron chi connectivity index (χ4n) is 1.25. The van der Waals surface area contributed by atoms with Crippen LogP contribution in [0, 0.1) is 0 Å². The summed E-state index contributed by atoms with van der Waals surface area (Å²) in [5.74, 6) is 0. The molecular formula is C11H15N. The molecule has 0 aliphatic heterocycles. The highest BCUT2D eigenvalue weighted by atomic mass is 14.6. The van der Waals surface area contributed by atoms with E-state index >= 15 is 0 Å². The largest absolute Gasteiger partial charge is 0.324 e. The summed E-state index contributed by atoms with van der Waals surface area (Å²) in [7, 11) is 0. The van der Waals surface area contributed by atoms with Crippen LogP contribution < -0.4 is 5.73 Å². The van der Waals surface area contributed by atoms with E-state index in [-0.39, 0.29) is 6.04 Å². The maximum absolute atomic E-state index is 5.92. The molecule has 12 heavy (non-hydrogen) atoms. The average Bonchev–Trinajstić information content (AvgIpc) is 2.16. The van der Waals surface area contributed by atoms with Gasteiger partial charge in [0, 0.05) is 6.04 Å². The summed E-state index contributed by atoms with van der Waals surface area (Å²) >= 11 is 0. The van der Waals surface area contributed by atoms with Crippen molar-refractivity contribution < 1.29 is 0 Å². The molecule has 2 N–H and O–H groups in total. The Hall–Kier alpha value is -1.08.